The van der Waals surface area contributed by atoms with Gasteiger partial charge in [-0.05, 0) is 63.0 Å². The molecule has 0 aliphatic carbocycles. The van der Waals surface area contributed by atoms with Crippen LogP contribution in [0.5, 0.6) is 0 Å². The molecular formula is C24H33N5O3. The summed E-state index contributed by atoms with van der Waals surface area (Å²) in [5, 5.41) is 3.11. The van der Waals surface area contributed by atoms with Crippen molar-refractivity contribution < 1.29 is 14.4 Å². The average Bonchev–Trinajstić information content (AvgIpc) is 2.80. The zero-order chi connectivity index (χ0) is 22.2. The Morgan fingerprint density at radius 2 is 1.91 bits per heavy atom. The van der Waals surface area contributed by atoms with Gasteiger partial charge in [-0.25, -0.2) is 4.79 Å². The minimum atomic E-state index is -0.0872. The first-order valence-electron chi connectivity index (χ1n) is 12.1. The predicted molar refractivity (Wildman–Crippen MR) is 119 cm³/mol. The number of carbonyl (C=O) groups excluding carboxylic acids is 3. The van der Waals surface area contributed by atoms with Gasteiger partial charge >= 0.3 is 6.03 Å². The number of aromatic nitrogens is 1. The highest BCUT2D eigenvalue weighted by atomic mass is 16.2. The number of pyridine rings is 1. The first kappa shape index (κ1) is 21.2. The van der Waals surface area contributed by atoms with Crippen molar-refractivity contribution in [2.24, 2.45) is 11.8 Å². The number of nitrogens with zero attached hydrogens (tertiary/aromatic N) is 4. The van der Waals surface area contributed by atoms with E-state index in [9.17, 15) is 14.4 Å². The fourth-order valence-corrected chi connectivity index (χ4v) is 6.17. The quantitative estimate of drug-likeness (QED) is 0.764. The molecule has 4 fully saturated rings. The summed E-state index contributed by atoms with van der Waals surface area (Å²) in [6.45, 7) is 5.49. The Kier molecular flexibility index (Phi) is 5.78. The monoisotopic (exact) mass is 439 g/mol. The first-order chi connectivity index (χ1) is 15.5. The second-order valence-electron chi connectivity index (χ2n) is 9.93. The lowest BCUT2D eigenvalue weighted by atomic mass is 9.76. The van der Waals surface area contributed by atoms with Gasteiger partial charge in [0, 0.05) is 63.1 Å². The predicted octanol–water partition coefficient (Wildman–Crippen LogP) is 2.04. The molecule has 2 bridgehead atoms. The molecule has 0 saturated carbocycles. The Balaban J connectivity index is 1.15. The maximum Gasteiger partial charge on any atom is 0.320 e. The third kappa shape index (κ3) is 4.07. The van der Waals surface area contributed by atoms with Crippen molar-refractivity contribution in [2.75, 3.05) is 32.7 Å². The van der Waals surface area contributed by atoms with Crippen molar-refractivity contribution in [3.05, 3.63) is 29.6 Å². The van der Waals surface area contributed by atoms with Crippen LogP contribution in [-0.2, 0) is 4.79 Å². The summed E-state index contributed by atoms with van der Waals surface area (Å²) in [5.74, 6) is 1.03. The van der Waals surface area contributed by atoms with Crippen molar-refractivity contribution in [2.45, 2.75) is 57.5 Å². The van der Waals surface area contributed by atoms with E-state index in [4.69, 9.17) is 0 Å². The van der Waals surface area contributed by atoms with Gasteiger partial charge in [-0.3, -0.25) is 14.6 Å². The summed E-state index contributed by atoms with van der Waals surface area (Å²) >= 11 is 0. The molecule has 4 saturated heterocycles. The van der Waals surface area contributed by atoms with Gasteiger partial charge in [0.25, 0.3) is 5.91 Å². The molecular weight excluding hydrogens is 406 g/mol. The number of amides is 4. The van der Waals surface area contributed by atoms with Crippen molar-refractivity contribution in [1.82, 2.24) is 25.0 Å². The third-order valence-electron chi connectivity index (χ3n) is 7.80. The van der Waals surface area contributed by atoms with Gasteiger partial charge in [0.1, 0.15) is 0 Å². The van der Waals surface area contributed by atoms with Gasteiger partial charge in [-0.1, -0.05) is 0 Å². The number of carbonyl (C=O) groups is 3. The van der Waals surface area contributed by atoms with Crippen molar-refractivity contribution in [1.29, 1.82) is 0 Å². The largest absolute Gasteiger partial charge is 0.349 e. The van der Waals surface area contributed by atoms with Crippen molar-refractivity contribution >= 4 is 17.8 Å². The van der Waals surface area contributed by atoms with Crippen LogP contribution in [0.3, 0.4) is 0 Å². The molecule has 5 rings (SSSR count). The van der Waals surface area contributed by atoms with Crippen LogP contribution in [0.1, 0.15) is 54.6 Å². The Labute approximate surface area is 189 Å². The van der Waals surface area contributed by atoms with Crippen LogP contribution in [0.15, 0.2) is 18.3 Å². The lowest BCUT2D eigenvalue weighted by Gasteiger charge is -2.53. The minimum absolute atomic E-state index is 0.0775. The molecule has 2 unspecified atom stereocenters. The maximum atomic E-state index is 13.3. The van der Waals surface area contributed by atoms with Crippen LogP contribution in [0.4, 0.5) is 4.79 Å². The SMILES string of the molecule is Cc1ncccc1C(=O)NC1CCN(C(=O)N2CC3CC(C2)[C@H]2CCCC(=O)N2C3)CC1. The van der Waals surface area contributed by atoms with Gasteiger partial charge in [0.15, 0.2) is 0 Å². The summed E-state index contributed by atoms with van der Waals surface area (Å²) in [4.78, 5) is 48.5. The third-order valence-corrected chi connectivity index (χ3v) is 7.80. The van der Waals surface area contributed by atoms with Gasteiger partial charge in [0.2, 0.25) is 5.91 Å². The van der Waals surface area contributed by atoms with E-state index in [1.54, 1.807) is 18.3 Å². The van der Waals surface area contributed by atoms with Crippen LogP contribution >= 0.6 is 0 Å². The number of aryl methyl sites for hydroxylation is 1. The molecule has 4 aliphatic rings. The van der Waals surface area contributed by atoms with E-state index in [1.807, 2.05) is 16.7 Å². The lowest BCUT2D eigenvalue weighted by molar-refractivity contribution is -0.144. The van der Waals surface area contributed by atoms with E-state index in [0.717, 1.165) is 57.4 Å². The molecule has 0 spiro atoms. The summed E-state index contributed by atoms with van der Waals surface area (Å²) in [5.41, 5.74) is 1.34. The second kappa shape index (κ2) is 8.71. The van der Waals surface area contributed by atoms with Gasteiger partial charge in [-0.2, -0.15) is 0 Å². The van der Waals surface area contributed by atoms with E-state index < -0.39 is 0 Å². The van der Waals surface area contributed by atoms with Crippen LogP contribution in [0, 0.1) is 18.8 Å². The number of likely N-dealkylation sites (tertiary alicyclic amines) is 2. The summed E-state index contributed by atoms with van der Waals surface area (Å²) < 4.78 is 0. The molecule has 4 aliphatic heterocycles. The smallest absolute Gasteiger partial charge is 0.320 e. The number of hydrogen-bond donors (Lipinski definition) is 1. The summed E-state index contributed by atoms with van der Waals surface area (Å²) in [7, 11) is 0. The molecule has 172 valence electrons. The molecule has 5 heterocycles. The van der Waals surface area contributed by atoms with Crippen LogP contribution < -0.4 is 5.32 Å². The topological polar surface area (TPSA) is 85.9 Å². The fourth-order valence-electron chi connectivity index (χ4n) is 6.17. The normalized spacial score (nSPS) is 28.3. The molecule has 1 aromatic rings. The fraction of sp³-hybridized carbons (Fsp3) is 0.667. The highest BCUT2D eigenvalue weighted by Gasteiger charge is 2.45. The Morgan fingerprint density at radius 1 is 1.09 bits per heavy atom. The summed E-state index contributed by atoms with van der Waals surface area (Å²) in [6, 6.07) is 4.10. The molecule has 3 atom stereocenters. The number of fused-ring (bicyclic) bond motifs is 4. The van der Waals surface area contributed by atoms with E-state index in [0.29, 0.717) is 48.9 Å². The first-order valence-corrected chi connectivity index (χ1v) is 12.1. The standard InChI is InChI=1S/C24H33N5O3/c1-16-20(4-3-9-25-16)23(31)26-19-7-10-27(11-8-19)24(32)28-13-17-12-18(15-28)21-5-2-6-22(30)29(21)14-17/h3-4,9,17-19,21H,2,5-8,10-15H2,1H3,(H,26,31)/t17?,18?,21-/m1/s1. The van der Waals surface area contributed by atoms with E-state index in [1.165, 1.54) is 0 Å². The highest BCUT2D eigenvalue weighted by molar-refractivity contribution is 5.95. The number of piperidine rings is 4. The molecule has 0 aromatic carbocycles. The van der Waals surface area contributed by atoms with Gasteiger partial charge < -0.3 is 20.0 Å². The molecule has 1 aromatic heterocycles. The van der Waals surface area contributed by atoms with Crippen molar-refractivity contribution in [3.63, 3.8) is 0 Å². The number of nitrogens with one attached hydrogen (secondary N) is 1. The molecule has 0 radical (unpaired) electrons. The van der Waals surface area contributed by atoms with Gasteiger partial charge in [-0.15, -0.1) is 0 Å². The molecule has 8 heteroatoms. The Hall–Kier alpha value is -2.64. The molecule has 8 nitrogen and oxygen atoms in total. The van der Waals surface area contributed by atoms with Gasteiger partial charge in [0.05, 0.1) is 5.56 Å². The number of rotatable bonds is 2. The second-order valence-corrected chi connectivity index (χ2v) is 9.93. The molecule has 1 N–H and O–H groups in total. The minimum Gasteiger partial charge on any atom is -0.349 e. The van der Waals surface area contributed by atoms with E-state index in [-0.39, 0.29) is 18.0 Å². The van der Waals surface area contributed by atoms with Crippen LogP contribution in [0.2, 0.25) is 0 Å². The van der Waals surface area contributed by atoms with Crippen molar-refractivity contribution in [3.8, 4) is 0 Å². The maximum absolute atomic E-state index is 13.3. The molecule has 4 amide bonds. The highest BCUT2D eigenvalue weighted by Crippen LogP contribution is 2.38. The average molecular weight is 440 g/mol. The zero-order valence-corrected chi connectivity index (χ0v) is 18.8. The Morgan fingerprint density at radius 3 is 2.69 bits per heavy atom. The lowest BCUT2D eigenvalue weighted by Crippen LogP contribution is -2.62. The number of hydrogen-bond acceptors (Lipinski definition) is 4. The molecule has 32 heavy (non-hydrogen) atoms. The Bertz CT molecular complexity index is 897. The van der Waals surface area contributed by atoms with E-state index in [2.05, 4.69) is 15.2 Å². The van der Waals surface area contributed by atoms with Crippen LogP contribution in [0.25, 0.3) is 0 Å². The zero-order valence-electron chi connectivity index (χ0n) is 18.8. The van der Waals surface area contributed by atoms with E-state index >= 15 is 0 Å². The summed E-state index contributed by atoms with van der Waals surface area (Å²) in [6.07, 6.45) is 7.10. The number of urea groups is 1. The van der Waals surface area contributed by atoms with Crippen LogP contribution in [-0.4, -0.2) is 82.3 Å².